The number of carbonyl (C=O) groups is 1. The van der Waals surface area contributed by atoms with E-state index in [0.29, 0.717) is 13.2 Å². The molecule has 1 amide bonds. The van der Waals surface area contributed by atoms with Crippen LogP contribution in [0.5, 0.6) is 0 Å². The maximum absolute atomic E-state index is 11.8. The molecule has 0 atom stereocenters. The summed E-state index contributed by atoms with van der Waals surface area (Å²) >= 11 is 0. The zero-order valence-corrected chi connectivity index (χ0v) is 14.3. The molecule has 0 bridgehead atoms. The van der Waals surface area contributed by atoms with Crippen LogP contribution < -0.4 is 0 Å². The molecule has 0 N–H and O–H groups in total. The van der Waals surface area contributed by atoms with Crippen molar-refractivity contribution in [1.29, 1.82) is 0 Å². The molecule has 1 aromatic rings. The number of rotatable bonds is 6. The summed E-state index contributed by atoms with van der Waals surface area (Å²) in [5, 5.41) is 1.38. The minimum absolute atomic E-state index is 0.213. The Bertz CT molecular complexity index is 501. The van der Waals surface area contributed by atoms with Gasteiger partial charge in [-0.05, 0) is 10.8 Å². The van der Waals surface area contributed by atoms with Crippen molar-refractivity contribution >= 4 is 19.4 Å². The molecule has 0 aliphatic carbocycles. The van der Waals surface area contributed by atoms with Gasteiger partial charge in [0.1, 0.15) is 6.61 Å². The zero-order valence-electron chi connectivity index (χ0n) is 13.3. The molecule has 0 saturated carbocycles. The Hall–Kier alpha value is -1.55. The first-order chi connectivity index (χ1) is 10.2. The van der Waals surface area contributed by atoms with Crippen LogP contribution in [0.1, 0.15) is 26.3 Å². The van der Waals surface area contributed by atoms with Crippen molar-refractivity contribution in [2.24, 2.45) is 0 Å². The Balaban J connectivity index is 2.48. The molecule has 1 aliphatic rings. The van der Waals surface area contributed by atoms with Gasteiger partial charge in [-0.15, -0.1) is 0 Å². The van der Waals surface area contributed by atoms with E-state index >= 15 is 0 Å². The van der Waals surface area contributed by atoms with Crippen molar-refractivity contribution in [3.63, 3.8) is 0 Å². The number of nitrogens with zero attached hydrogens (tertiary/aromatic N) is 1. The third-order valence-electron chi connectivity index (χ3n) is 4.76. The van der Waals surface area contributed by atoms with Crippen LogP contribution in [0.15, 0.2) is 36.5 Å². The molecule has 1 fully saturated rings. The van der Waals surface area contributed by atoms with E-state index in [1.165, 1.54) is 28.9 Å². The fourth-order valence-corrected chi connectivity index (χ4v) is 6.99. The third kappa shape index (κ3) is 3.21. The molecule has 21 heavy (non-hydrogen) atoms. The second kappa shape index (κ2) is 6.94. The Morgan fingerprint density at radius 1 is 1.19 bits per heavy atom. The highest BCUT2D eigenvalue weighted by atomic mass is 28.3. The second-order valence-corrected chi connectivity index (χ2v) is 10.8. The van der Waals surface area contributed by atoms with Crippen LogP contribution in [-0.4, -0.2) is 32.2 Å². The number of hydrogen-bond acceptors (Lipinski definition) is 2. The van der Waals surface area contributed by atoms with Crippen LogP contribution in [-0.2, 0) is 4.74 Å². The summed E-state index contributed by atoms with van der Waals surface area (Å²) in [6, 6.07) is 14.1. The molecule has 1 aliphatic heterocycles. The van der Waals surface area contributed by atoms with Gasteiger partial charge in [-0.25, -0.2) is 4.79 Å². The molecule has 0 unspecified atom stereocenters. The largest absolute Gasteiger partial charge is 0.447 e. The number of benzene rings is 1. The van der Waals surface area contributed by atoms with Gasteiger partial charge in [0.2, 0.25) is 0 Å². The Labute approximate surface area is 128 Å². The minimum Gasteiger partial charge on any atom is -0.447 e. The molecule has 2 rings (SSSR count). The van der Waals surface area contributed by atoms with Crippen molar-refractivity contribution in [1.82, 2.24) is 4.90 Å². The maximum atomic E-state index is 11.8. The van der Waals surface area contributed by atoms with Crippen LogP contribution >= 0.6 is 0 Å². The van der Waals surface area contributed by atoms with Gasteiger partial charge < -0.3 is 4.74 Å². The maximum Gasteiger partial charge on any atom is 0.413 e. The first-order valence-electron chi connectivity index (χ1n) is 7.88. The SMILES string of the molecule is CC[Si](CC)(CC)/C(=C/N1CCOC1=O)c1ccccc1. The van der Waals surface area contributed by atoms with E-state index in [-0.39, 0.29) is 6.09 Å². The highest BCUT2D eigenvalue weighted by molar-refractivity contribution is 6.96. The molecular weight excluding hydrogens is 278 g/mol. The molecule has 3 nitrogen and oxygen atoms in total. The molecule has 0 aromatic heterocycles. The molecule has 114 valence electrons. The fourth-order valence-electron chi connectivity index (χ4n) is 3.14. The summed E-state index contributed by atoms with van der Waals surface area (Å²) in [6.45, 7) is 8.03. The van der Waals surface area contributed by atoms with Crippen LogP contribution in [0.3, 0.4) is 0 Å². The molecule has 1 aromatic carbocycles. The second-order valence-electron chi connectivity index (χ2n) is 5.56. The van der Waals surface area contributed by atoms with Crippen LogP contribution in [0.25, 0.3) is 5.20 Å². The third-order valence-corrected chi connectivity index (χ3v) is 10.4. The summed E-state index contributed by atoms with van der Waals surface area (Å²) in [6.07, 6.45) is 1.86. The Morgan fingerprint density at radius 3 is 2.29 bits per heavy atom. The lowest BCUT2D eigenvalue weighted by atomic mass is 10.2. The van der Waals surface area contributed by atoms with E-state index in [9.17, 15) is 4.79 Å². The summed E-state index contributed by atoms with van der Waals surface area (Å²) < 4.78 is 5.07. The van der Waals surface area contributed by atoms with Crippen molar-refractivity contribution in [2.75, 3.05) is 13.2 Å². The van der Waals surface area contributed by atoms with E-state index in [1.807, 2.05) is 6.07 Å². The summed E-state index contributed by atoms with van der Waals surface area (Å²) in [4.78, 5) is 13.5. The standard InChI is InChI=1S/C17H25NO2Si/c1-4-21(5-2,6-3)16(15-10-8-7-9-11-15)14-18-12-13-20-17(18)19/h7-11,14H,4-6,12-13H2,1-3H3/b16-14+. The number of carbonyl (C=O) groups excluding carboxylic acids is 1. The van der Waals surface area contributed by atoms with Gasteiger partial charge in [-0.3, -0.25) is 4.90 Å². The van der Waals surface area contributed by atoms with Crippen LogP contribution in [0.4, 0.5) is 4.79 Å². The lowest BCUT2D eigenvalue weighted by molar-refractivity contribution is 0.166. The molecular formula is C17H25NO2Si. The average Bonchev–Trinajstić information content (AvgIpc) is 2.94. The van der Waals surface area contributed by atoms with E-state index in [2.05, 4.69) is 51.2 Å². The monoisotopic (exact) mass is 303 g/mol. The van der Waals surface area contributed by atoms with E-state index in [4.69, 9.17) is 4.74 Å². The lowest BCUT2D eigenvalue weighted by Crippen LogP contribution is -2.35. The Kier molecular flexibility index (Phi) is 5.23. The first kappa shape index (κ1) is 15.8. The summed E-state index contributed by atoms with van der Waals surface area (Å²) in [5.41, 5.74) is 1.26. The van der Waals surface area contributed by atoms with Gasteiger partial charge in [0.25, 0.3) is 0 Å². The van der Waals surface area contributed by atoms with Gasteiger partial charge >= 0.3 is 6.09 Å². The van der Waals surface area contributed by atoms with Crippen LogP contribution in [0.2, 0.25) is 18.1 Å². The molecule has 4 heteroatoms. The van der Waals surface area contributed by atoms with Gasteiger partial charge in [0, 0.05) is 6.20 Å². The number of hydrogen-bond donors (Lipinski definition) is 0. The van der Waals surface area contributed by atoms with E-state index < -0.39 is 8.07 Å². The highest BCUT2D eigenvalue weighted by Crippen LogP contribution is 2.36. The topological polar surface area (TPSA) is 29.5 Å². The molecule has 1 heterocycles. The van der Waals surface area contributed by atoms with Crippen molar-refractivity contribution < 1.29 is 9.53 Å². The number of ether oxygens (including phenoxy) is 1. The van der Waals surface area contributed by atoms with Crippen molar-refractivity contribution in [2.45, 2.75) is 38.9 Å². The smallest absolute Gasteiger partial charge is 0.413 e. The normalized spacial score (nSPS) is 16.2. The highest BCUT2D eigenvalue weighted by Gasteiger charge is 2.34. The van der Waals surface area contributed by atoms with Crippen LogP contribution in [0, 0.1) is 0 Å². The molecule has 1 saturated heterocycles. The lowest BCUT2D eigenvalue weighted by Gasteiger charge is -2.32. The van der Waals surface area contributed by atoms with E-state index in [1.54, 1.807) is 4.90 Å². The van der Waals surface area contributed by atoms with Gasteiger partial charge in [0.05, 0.1) is 14.6 Å². The van der Waals surface area contributed by atoms with Crippen molar-refractivity contribution in [3.8, 4) is 0 Å². The predicted octanol–water partition coefficient (Wildman–Crippen LogP) is 4.53. The zero-order chi connectivity index (χ0) is 15.3. The fraction of sp³-hybridized carbons (Fsp3) is 0.471. The minimum atomic E-state index is -1.57. The number of cyclic esters (lactones) is 1. The van der Waals surface area contributed by atoms with Gasteiger partial charge in [0.15, 0.2) is 0 Å². The van der Waals surface area contributed by atoms with Gasteiger partial charge in [-0.2, -0.15) is 0 Å². The number of amides is 1. The summed E-state index contributed by atoms with van der Waals surface area (Å²) in [5.74, 6) is 0. The van der Waals surface area contributed by atoms with Gasteiger partial charge in [-0.1, -0.05) is 69.2 Å². The summed E-state index contributed by atoms with van der Waals surface area (Å²) in [7, 11) is -1.57. The van der Waals surface area contributed by atoms with Crippen molar-refractivity contribution in [3.05, 3.63) is 42.1 Å². The predicted molar refractivity (Wildman–Crippen MR) is 89.7 cm³/mol. The van der Waals surface area contributed by atoms with E-state index in [0.717, 1.165) is 0 Å². The average molecular weight is 303 g/mol. The molecule has 0 spiro atoms. The Morgan fingerprint density at radius 2 is 1.81 bits per heavy atom. The quantitative estimate of drug-likeness (QED) is 0.723. The molecule has 0 radical (unpaired) electrons. The first-order valence-corrected chi connectivity index (χ1v) is 10.5.